The first-order chi connectivity index (χ1) is 12.7. The second-order valence-electron chi connectivity index (χ2n) is 6.76. The van der Waals surface area contributed by atoms with Gasteiger partial charge in [0.25, 0.3) is 0 Å². The van der Waals surface area contributed by atoms with Crippen molar-refractivity contribution in [1.29, 1.82) is 5.26 Å². The summed E-state index contributed by atoms with van der Waals surface area (Å²) >= 11 is 0. The van der Waals surface area contributed by atoms with Crippen molar-refractivity contribution in [3.8, 4) is 6.07 Å². The summed E-state index contributed by atoms with van der Waals surface area (Å²) in [6.45, 7) is 0.899. The Kier molecular flexibility index (Phi) is 5.88. The molecule has 1 fully saturated rings. The molecule has 134 valence electrons. The summed E-state index contributed by atoms with van der Waals surface area (Å²) in [5.41, 5.74) is 2.59. The third-order valence-electron chi connectivity index (χ3n) is 4.84. The molecule has 2 amide bonds. The smallest absolute Gasteiger partial charge is 0.322 e. The third-order valence-corrected chi connectivity index (χ3v) is 4.84. The van der Waals surface area contributed by atoms with Crippen LogP contribution in [0.5, 0.6) is 0 Å². The molecule has 3 rings (SSSR count). The van der Waals surface area contributed by atoms with E-state index < -0.39 is 0 Å². The molecule has 2 aromatic rings. The molecule has 5 heteroatoms. The monoisotopic (exact) mass is 348 g/mol. The van der Waals surface area contributed by atoms with E-state index in [2.05, 4.69) is 41.0 Å². The van der Waals surface area contributed by atoms with Gasteiger partial charge in [-0.05, 0) is 55.5 Å². The molecule has 1 aliphatic heterocycles. The molecule has 2 atom stereocenters. The summed E-state index contributed by atoms with van der Waals surface area (Å²) in [5.74, 6) is 0.552. The zero-order chi connectivity index (χ0) is 18.4. The number of rotatable bonds is 4. The highest BCUT2D eigenvalue weighted by molar-refractivity contribution is 5.91. The van der Waals surface area contributed by atoms with E-state index in [-0.39, 0.29) is 12.2 Å². The van der Waals surface area contributed by atoms with Gasteiger partial charge < -0.3 is 5.32 Å². The van der Waals surface area contributed by atoms with Crippen molar-refractivity contribution in [2.24, 2.45) is 5.92 Å². The van der Waals surface area contributed by atoms with Gasteiger partial charge >= 0.3 is 6.03 Å². The summed E-state index contributed by atoms with van der Waals surface area (Å²) in [6.07, 6.45) is 3.02. The van der Waals surface area contributed by atoms with Crippen LogP contribution in [-0.2, 0) is 6.42 Å². The highest BCUT2D eigenvalue weighted by atomic mass is 16.2. The molecule has 26 heavy (non-hydrogen) atoms. The van der Waals surface area contributed by atoms with Gasteiger partial charge in [-0.15, -0.1) is 0 Å². The minimum Gasteiger partial charge on any atom is -0.322 e. The molecular formula is C21H24N4O. The van der Waals surface area contributed by atoms with Crippen molar-refractivity contribution in [1.82, 2.24) is 10.6 Å². The number of hydrogen-bond donors (Lipinski definition) is 2. The van der Waals surface area contributed by atoms with Crippen LogP contribution in [0.4, 0.5) is 10.5 Å². The van der Waals surface area contributed by atoms with Gasteiger partial charge in [-0.2, -0.15) is 5.26 Å². The number of urea groups is 1. The van der Waals surface area contributed by atoms with Crippen LogP contribution < -0.4 is 15.5 Å². The van der Waals surface area contributed by atoms with Gasteiger partial charge in [-0.3, -0.25) is 10.2 Å². The van der Waals surface area contributed by atoms with Crippen LogP contribution in [0.2, 0.25) is 0 Å². The molecule has 0 saturated carbocycles. The van der Waals surface area contributed by atoms with Crippen LogP contribution >= 0.6 is 0 Å². The molecule has 2 aromatic carbocycles. The number of carbonyl (C=O) groups excluding carboxylic acids is 1. The molecule has 1 saturated heterocycles. The molecule has 1 heterocycles. The Labute approximate surface area is 154 Å². The lowest BCUT2D eigenvalue weighted by molar-refractivity contribution is 0.226. The third kappa shape index (κ3) is 4.62. The fourth-order valence-electron chi connectivity index (χ4n) is 3.39. The Morgan fingerprint density at radius 2 is 2.08 bits per heavy atom. The highest BCUT2D eigenvalue weighted by Gasteiger charge is 2.24. The molecule has 2 N–H and O–H groups in total. The summed E-state index contributed by atoms with van der Waals surface area (Å²) in [7, 11) is 1.72. The Bertz CT molecular complexity index is 784. The lowest BCUT2D eigenvalue weighted by Gasteiger charge is -2.32. The van der Waals surface area contributed by atoms with E-state index >= 15 is 0 Å². The first kappa shape index (κ1) is 18.0. The number of amides is 2. The maximum atomic E-state index is 12.6. The first-order valence-corrected chi connectivity index (χ1v) is 8.97. The normalized spacial score (nSPS) is 19.4. The zero-order valence-corrected chi connectivity index (χ0v) is 15.0. The van der Waals surface area contributed by atoms with Crippen LogP contribution in [-0.4, -0.2) is 25.8 Å². The number of benzene rings is 2. The number of nitrogens with zero attached hydrogens (tertiary/aromatic N) is 2. The fraction of sp³-hybridized carbons (Fsp3) is 0.333. The van der Waals surface area contributed by atoms with E-state index in [1.807, 2.05) is 12.1 Å². The SMILES string of the molecule is CN(C(=O)N[C@H]1C[C@@H](Cc2ccccc2)CCN1)c1cccc(C#N)c1. The van der Waals surface area contributed by atoms with Crippen molar-refractivity contribution < 1.29 is 4.79 Å². The second kappa shape index (κ2) is 8.50. The van der Waals surface area contributed by atoms with E-state index in [1.165, 1.54) is 5.56 Å². The van der Waals surface area contributed by atoms with Crippen LogP contribution in [0.25, 0.3) is 0 Å². The molecule has 0 aliphatic carbocycles. The summed E-state index contributed by atoms with van der Waals surface area (Å²) in [4.78, 5) is 14.1. The van der Waals surface area contributed by atoms with Crippen molar-refractivity contribution in [3.63, 3.8) is 0 Å². The number of anilines is 1. The van der Waals surface area contributed by atoms with E-state index in [4.69, 9.17) is 5.26 Å². The van der Waals surface area contributed by atoms with Crippen LogP contribution in [0, 0.1) is 17.2 Å². The average Bonchev–Trinajstić information content (AvgIpc) is 2.68. The quantitative estimate of drug-likeness (QED) is 0.891. The number of hydrogen-bond acceptors (Lipinski definition) is 3. The minimum absolute atomic E-state index is 0.0356. The van der Waals surface area contributed by atoms with Gasteiger partial charge in [0.05, 0.1) is 17.8 Å². The number of carbonyl (C=O) groups is 1. The summed E-state index contributed by atoms with van der Waals surface area (Å²) < 4.78 is 0. The minimum atomic E-state index is -0.169. The van der Waals surface area contributed by atoms with Crippen molar-refractivity contribution >= 4 is 11.7 Å². The lowest BCUT2D eigenvalue weighted by atomic mass is 9.89. The first-order valence-electron chi connectivity index (χ1n) is 8.97. The molecule has 0 spiro atoms. The van der Waals surface area contributed by atoms with E-state index in [0.29, 0.717) is 17.2 Å². The lowest BCUT2D eigenvalue weighted by Crippen LogP contribution is -2.53. The van der Waals surface area contributed by atoms with Crippen LogP contribution in [0.1, 0.15) is 24.0 Å². The molecular weight excluding hydrogens is 324 g/mol. The zero-order valence-electron chi connectivity index (χ0n) is 15.0. The van der Waals surface area contributed by atoms with Gasteiger partial charge in [0.15, 0.2) is 0 Å². The standard InChI is InChI=1S/C21H24N4O/c1-25(19-9-5-8-18(13-19)15-22)21(26)24-20-14-17(10-11-23-20)12-16-6-3-2-4-7-16/h2-9,13,17,20,23H,10-12,14H2,1H3,(H,24,26)/t17-,20+/m1/s1. The van der Waals surface area contributed by atoms with Gasteiger partial charge in [0, 0.05) is 12.7 Å². The van der Waals surface area contributed by atoms with E-state index in [9.17, 15) is 4.79 Å². The van der Waals surface area contributed by atoms with Crippen LogP contribution in [0.3, 0.4) is 0 Å². The predicted octanol–water partition coefficient (Wildman–Crippen LogP) is 3.27. The average molecular weight is 348 g/mol. The van der Waals surface area contributed by atoms with Crippen molar-refractivity contribution in [2.75, 3.05) is 18.5 Å². The summed E-state index contributed by atoms with van der Waals surface area (Å²) in [6, 6.07) is 19.5. The fourth-order valence-corrected chi connectivity index (χ4v) is 3.39. The molecule has 1 aliphatic rings. The summed E-state index contributed by atoms with van der Waals surface area (Å²) in [5, 5.41) is 15.5. The highest BCUT2D eigenvalue weighted by Crippen LogP contribution is 2.21. The van der Waals surface area contributed by atoms with Crippen LogP contribution in [0.15, 0.2) is 54.6 Å². The molecule has 0 aromatic heterocycles. The van der Waals surface area contributed by atoms with E-state index in [1.54, 1.807) is 30.1 Å². The maximum absolute atomic E-state index is 12.6. The van der Waals surface area contributed by atoms with Gasteiger partial charge in [0.1, 0.15) is 0 Å². The number of nitrogens with one attached hydrogen (secondary N) is 2. The molecule has 0 radical (unpaired) electrons. The van der Waals surface area contributed by atoms with Gasteiger partial charge in [-0.1, -0.05) is 36.4 Å². The molecule has 0 bridgehead atoms. The Morgan fingerprint density at radius 3 is 2.85 bits per heavy atom. The van der Waals surface area contributed by atoms with Gasteiger partial charge in [0.2, 0.25) is 0 Å². The largest absolute Gasteiger partial charge is 0.322 e. The predicted molar refractivity (Wildman–Crippen MR) is 103 cm³/mol. The topological polar surface area (TPSA) is 68.2 Å². The molecule has 5 nitrogen and oxygen atoms in total. The Balaban J connectivity index is 1.57. The Morgan fingerprint density at radius 1 is 1.27 bits per heavy atom. The second-order valence-corrected chi connectivity index (χ2v) is 6.76. The van der Waals surface area contributed by atoms with Gasteiger partial charge in [-0.25, -0.2) is 4.79 Å². The van der Waals surface area contributed by atoms with Crippen molar-refractivity contribution in [3.05, 3.63) is 65.7 Å². The Hall–Kier alpha value is -2.84. The number of nitriles is 1. The molecule has 0 unspecified atom stereocenters. The number of piperidine rings is 1. The maximum Gasteiger partial charge on any atom is 0.322 e. The van der Waals surface area contributed by atoms with Crippen molar-refractivity contribution in [2.45, 2.75) is 25.4 Å². The van der Waals surface area contributed by atoms with E-state index in [0.717, 1.165) is 25.8 Å².